The van der Waals surface area contributed by atoms with Crippen molar-refractivity contribution in [3.63, 3.8) is 0 Å². The van der Waals surface area contributed by atoms with E-state index in [1.165, 1.54) is 6.07 Å². The summed E-state index contributed by atoms with van der Waals surface area (Å²) in [6.45, 7) is 6.14. The summed E-state index contributed by atoms with van der Waals surface area (Å²) in [6.07, 6.45) is 3.43. The molecule has 1 atom stereocenters. The summed E-state index contributed by atoms with van der Waals surface area (Å²) in [5.41, 5.74) is 1.20. The molecule has 0 saturated carbocycles. The predicted molar refractivity (Wildman–Crippen MR) is 95.0 cm³/mol. The largest absolute Gasteiger partial charge is 0.374 e. The Morgan fingerprint density at radius 2 is 1.88 bits per heavy atom. The van der Waals surface area contributed by atoms with Crippen LogP contribution in [-0.2, 0) is 4.79 Å². The number of aryl methyl sites for hydroxylation is 1. The fraction of sp³-hybridized carbons (Fsp3) is 0.389. The Hall–Kier alpha value is -2.70. The highest BCUT2D eigenvalue weighted by molar-refractivity contribution is 5.84. The van der Waals surface area contributed by atoms with Crippen LogP contribution < -0.4 is 10.2 Å². The van der Waals surface area contributed by atoms with Gasteiger partial charge in [-0.1, -0.05) is 6.07 Å². The fourth-order valence-corrected chi connectivity index (χ4v) is 2.85. The molecule has 1 aliphatic heterocycles. The van der Waals surface area contributed by atoms with Gasteiger partial charge in [0, 0.05) is 44.3 Å². The third kappa shape index (κ3) is 4.04. The zero-order chi connectivity index (χ0) is 17.8. The molecule has 132 valence electrons. The lowest BCUT2D eigenvalue weighted by molar-refractivity contribution is -0.131. The molecule has 0 bridgehead atoms. The zero-order valence-corrected chi connectivity index (χ0v) is 14.4. The van der Waals surface area contributed by atoms with Crippen LogP contribution >= 0.6 is 0 Å². The molecule has 1 fully saturated rings. The predicted octanol–water partition coefficient (Wildman–Crippen LogP) is 2.07. The molecule has 6 nitrogen and oxygen atoms in total. The van der Waals surface area contributed by atoms with E-state index in [0.29, 0.717) is 43.4 Å². The Labute approximate surface area is 146 Å². The molecule has 1 N–H and O–H groups in total. The molecule has 1 aliphatic rings. The second kappa shape index (κ2) is 7.46. The normalized spacial score (nSPS) is 15.8. The Bertz CT molecular complexity index is 732. The van der Waals surface area contributed by atoms with E-state index in [-0.39, 0.29) is 11.7 Å². The van der Waals surface area contributed by atoms with Crippen molar-refractivity contribution in [2.24, 2.45) is 0 Å². The van der Waals surface area contributed by atoms with Gasteiger partial charge in [0.25, 0.3) is 0 Å². The van der Waals surface area contributed by atoms with Crippen molar-refractivity contribution >= 4 is 17.5 Å². The topological polar surface area (TPSA) is 61.4 Å². The lowest BCUT2D eigenvalue weighted by Crippen LogP contribution is -2.52. The van der Waals surface area contributed by atoms with E-state index >= 15 is 0 Å². The standard InChI is InChI=1S/C18H22FN5O/c1-13-4-5-15(12-16(13)19)22-14(2)17(25)23-8-10-24(11-9-23)18-20-6-3-7-21-18/h3-7,12,14,22H,8-11H2,1-2H3. The van der Waals surface area contributed by atoms with Crippen molar-refractivity contribution in [1.29, 1.82) is 0 Å². The smallest absolute Gasteiger partial charge is 0.244 e. The molecule has 0 radical (unpaired) electrons. The van der Waals surface area contributed by atoms with Crippen molar-refractivity contribution in [2.75, 3.05) is 36.4 Å². The summed E-state index contributed by atoms with van der Waals surface area (Å²) in [5.74, 6) is 0.423. The van der Waals surface area contributed by atoms with Gasteiger partial charge < -0.3 is 15.1 Å². The van der Waals surface area contributed by atoms with Gasteiger partial charge in [-0.05, 0) is 37.6 Å². The van der Waals surface area contributed by atoms with Crippen LogP contribution in [0, 0.1) is 12.7 Å². The fourth-order valence-electron chi connectivity index (χ4n) is 2.85. The van der Waals surface area contributed by atoms with Gasteiger partial charge >= 0.3 is 0 Å². The first-order chi connectivity index (χ1) is 12.0. The van der Waals surface area contributed by atoms with Gasteiger partial charge in [-0.15, -0.1) is 0 Å². The number of hydrogen-bond donors (Lipinski definition) is 1. The maximum atomic E-state index is 13.6. The molecule has 1 aromatic heterocycles. The van der Waals surface area contributed by atoms with Gasteiger partial charge in [-0.2, -0.15) is 0 Å². The van der Waals surface area contributed by atoms with Gasteiger partial charge in [0.05, 0.1) is 0 Å². The first-order valence-corrected chi connectivity index (χ1v) is 8.38. The quantitative estimate of drug-likeness (QED) is 0.921. The molecule has 1 amide bonds. The second-order valence-corrected chi connectivity index (χ2v) is 6.19. The van der Waals surface area contributed by atoms with Crippen LogP contribution in [0.4, 0.5) is 16.0 Å². The molecule has 3 rings (SSSR count). The molecule has 1 aromatic carbocycles. The molecule has 1 unspecified atom stereocenters. The molecule has 0 spiro atoms. The minimum Gasteiger partial charge on any atom is -0.374 e. The number of amides is 1. The van der Waals surface area contributed by atoms with Crippen molar-refractivity contribution in [3.05, 3.63) is 48.0 Å². The molecular formula is C18H22FN5O. The van der Waals surface area contributed by atoms with Crippen LogP contribution in [0.25, 0.3) is 0 Å². The van der Waals surface area contributed by atoms with Gasteiger partial charge in [0.1, 0.15) is 11.9 Å². The summed E-state index contributed by atoms with van der Waals surface area (Å²) in [5, 5.41) is 3.08. The molecule has 1 saturated heterocycles. The number of nitrogens with one attached hydrogen (secondary N) is 1. The highest BCUT2D eigenvalue weighted by Gasteiger charge is 2.25. The zero-order valence-electron chi connectivity index (χ0n) is 14.4. The second-order valence-electron chi connectivity index (χ2n) is 6.19. The number of hydrogen-bond acceptors (Lipinski definition) is 5. The Morgan fingerprint density at radius 1 is 1.20 bits per heavy atom. The van der Waals surface area contributed by atoms with Crippen LogP contribution in [0.1, 0.15) is 12.5 Å². The van der Waals surface area contributed by atoms with E-state index in [9.17, 15) is 9.18 Å². The number of rotatable bonds is 4. The summed E-state index contributed by atoms with van der Waals surface area (Å²) >= 11 is 0. The lowest BCUT2D eigenvalue weighted by Gasteiger charge is -2.36. The lowest BCUT2D eigenvalue weighted by atomic mass is 10.2. The number of benzene rings is 1. The van der Waals surface area contributed by atoms with Gasteiger partial charge in [0.15, 0.2) is 0 Å². The Morgan fingerprint density at radius 3 is 2.52 bits per heavy atom. The third-order valence-electron chi connectivity index (χ3n) is 4.35. The van der Waals surface area contributed by atoms with E-state index in [4.69, 9.17) is 0 Å². The number of piperazine rings is 1. The van der Waals surface area contributed by atoms with Crippen molar-refractivity contribution in [1.82, 2.24) is 14.9 Å². The van der Waals surface area contributed by atoms with Crippen molar-refractivity contribution in [2.45, 2.75) is 19.9 Å². The molecule has 2 aromatic rings. The number of anilines is 2. The molecule has 0 aliphatic carbocycles. The first kappa shape index (κ1) is 17.1. The number of nitrogens with zero attached hydrogens (tertiary/aromatic N) is 4. The van der Waals surface area contributed by atoms with E-state index in [0.717, 1.165) is 0 Å². The summed E-state index contributed by atoms with van der Waals surface area (Å²) in [6, 6.07) is 6.27. The van der Waals surface area contributed by atoms with E-state index in [1.807, 2.05) is 4.90 Å². The first-order valence-electron chi connectivity index (χ1n) is 8.38. The van der Waals surface area contributed by atoms with Gasteiger partial charge in [0.2, 0.25) is 11.9 Å². The highest BCUT2D eigenvalue weighted by Crippen LogP contribution is 2.16. The third-order valence-corrected chi connectivity index (χ3v) is 4.35. The average molecular weight is 343 g/mol. The number of carbonyl (C=O) groups is 1. The number of aromatic nitrogens is 2. The number of halogens is 1. The summed E-state index contributed by atoms with van der Waals surface area (Å²) < 4.78 is 13.6. The highest BCUT2D eigenvalue weighted by atomic mass is 19.1. The molecule has 7 heteroatoms. The average Bonchev–Trinajstić information content (AvgIpc) is 2.65. The minimum absolute atomic E-state index is 0.00890. The Kier molecular flexibility index (Phi) is 5.11. The van der Waals surface area contributed by atoms with Gasteiger partial charge in [-0.3, -0.25) is 4.79 Å². The van der Waals surface area contributed by atoms with E-state index < -0.39 is 6.04 Å². The summed E-state index contributed by atoms with van der Waals surface area (Å²) in [7, 11) is 0. The van der Waals surface area contributed by atoms with Crippen LogP contribution in [0.3, 0.4) is 0 Å². The number of carbonyl (C=O) groups excluding carboxylic acids is 1. The monoisotopic (exact) mass is 343 g/mol. The maximum Gasteiger partial charge on any atom is 0.244 e. The SMILES string of the molecule is Cc1ccc(NC(C)C(=O)N2CCN(c3ncccn3)CC2)cc1F. The van der Waals surface area contributed by atoms with Crippen molar-refractivity contribution in [3.8, 4) is 0 Å². The maximum absolute atomic E-state index is 13.6. The van der Waals surface area contributed by atoms with E-state index in [2.05, 4.69) is 20.2 Å². The van der Waals surface area contributed by atoms with Crippen LogP contribution in [-0.4, -0.2) is 53.0 Å². The summed E-state index contributed by atoms with van der Waals surface area (Å²) in [4.78, 5) is 25.0. The van der Waals surface area contributed by atoms with E-state index in [1.54, 1.807) is 44.4 Å². The Balaban J connectivity index is 1.55. The van der Waals surface area contributed by atoms with Crippen molar-refractivity contribution < 1.29 is 9.18 Å². The molecule has 25 heavy (non-hydrogen) atoms. The minimum atomic E-state index is -0.415. The van der Waals surface area contributed by atoms with Crippen LogP contribution in [0.15, 0.2) is 36.7 Å². The molecular weight excluding hydrogens is 321 g/mol. The van der Waals surface area contributed by atoms with Gasteiger partial charge in [-0.25, -0.2) is 14.4 Å². The molecule has 2 heterocycles. The van der Waals surface area contributed by atoms with Crippen LogP contribution in [0.5, 0.6) is 0 Å². The van der Waals surface area contributed by atoms with Crippen LogP contribution in [0.2, 0.25) is 0 Å².